The van der Waals surface area contributed by atoms with E-state index in [4.69, 9.17) is 0 Å². The molecule has 1 heteroatoms. The lowest BCUT2D eigenvalue weighted by molar-refractivity contribution is 0.277. The summed E-state index contributed by atoms with van der Waals surface area (Å²) >= 11 is 0. The van der Waals surface area contributed by atoms with Crippen molar-refractivity contribution < 1.29 is 0 Å². The number of hydrogen-bond donors (Lipinski definition) is 1. The van der Waals surface area contributed by atoms with Gasteiger partial charge in [-0.3, -0.25) is 0 Å². The molecule has 1 N–H and O–H groups in total. The molecule has 0 radical (unpaired) electrons. The summed E-state index contributed by atoms with van der Waals surface area (Å²) in [6.45, 7) is 6.04. The predicted molar refractivity (Wildman–Crippen MR) is 42.9 cm³/mol. The fourth-order valence-corrected chi connectivity index (χ4v) is 2.66. The Bertz CT molecular complexity index is 140. The summed E-state index contributed by atoms with van der Waals surface area (Å²) in [5, 5.41) is 3.61. The summed E-state index contributed by atoms with van der Waals surface area (Å²) in [6.07, 6.45) is 4.34. The quantitative estimate of drug-likeness (QED) is 0.539. The molecule has 1 heterocycles. The van der Waals surface area contributed by atoms with Gasteiger partial charge in [-0.15, -0.1) is 0 Å². The predicted octanol–water partition coefficient (Wildman–Crippen LogP) is 1.78. The molecule has 0 amide bonds. The van der Waals surface area contributed by atoms with Crippen LogP contribution in [0.4, 0.5) is 0 Å². The molecular formula is C9H17N. The molecule has 1 aliphatic carbocycles. The van der Waals surface area contributed by atoms with Gasteiger partial charge < -0.3 is 5.32 Å². The molecule has 0 bridgehead atoms. The summed E-state index contributed by atoms with van der Waals surface area (Å²) in [5.74, 6) is 0.979. The summed E-state index contributed by atoms with van der Waals surface area (Å²) in [4.78, 5) is 0. The molecule has 2 unspecified atom stereocenters. The van der Waals surface area contributed by atoms with Crippen molar-refractivity contribution in [1.82, 2.24) is 5.32 Å². The van der Waals surface area contributed by atoms with Gasteiger partial charge in [-0.25, -0.2) is 0 Å². The van der Waals surface area contributed by atoms with Crippen molar-refractivity contribution in [3.8, 4) is 0 Å². The first-order chi connectivity index (χ1) is 4.70. The van der Waals surface area contributed by atoms with Crippen LogP contribution < -0.4 is 5.32 Å². The van der Waals surface area contributed by atoms with E-state index in [1.54, 1.807) is 0 Å². The van der Waals surface area contributed by atoms with Gasteiger partial charge in [0.2, 0.25) is 0 Å². The van der Waals surface area contributed by atoms with E-state index >= 15 is 0 Å². The second kappa shape index (κ2) is 1.97. The van der Waals surface area contributed by atoms with E-state index in [9.17, 15) is 0 Å². The molecule has 2 atom stereocenters. The average molecular weight is 139 g/mol. The zero-order valence-corrected chi connectivity index (χ0v) is 6.98. The third-order valence-electron chi connectivity index (χ3n) is 3.34. The van der Waals surface area contributed by atoms with Crippen LogP contribution in [0.1, 0.15) is 33.1 Å². The minimum atomic E-state index is 0.584. The van der Waals surface area contributed by atoms with Gasteiger partial charge in [0.15, 0.2) is 0 Å². The van der Waals surface area contributed by atoms with Gasteiger partial charge in [-0.1, -0.05) is 20.3 Å². The standard InChI is InChI=1S/C9H17N/c1-9(2)6-10-8-5-3-4-7(8)9/h7-8,10H,3-6H2,1-2H3. The summed E-state index contributed by atoms with van der Waals surface area (Å²) < 4.78 is 0. The molecule has 10 heavy (non-hydrogen) atoms. The first-order valence-corrected chi connectivity index (χ1v) is 4.43. The van der Waals surface area contributed by atoms with Crippen LogP contribution in [0.3, 0.4) is 0 Å². The Morgan fingerprint density at radius 1 is 1.30 bits per heavy atom. The Labute approximate surface area is 63.2 Å². The number of fused-ring (bicyclic) bond motifs is 1. The van der Waals surface area contributed by atoms with E-state index in [-0.39, 0.29) is 0 Å². The van der Waals surface area contributed by atoms with Crippen LogP contribution >= 0.6 is 0 Å². The van der Waals surface area contributed by atoms with Gasteiger partial charge in [0.25, 0.3) is 0 Å². The normalized spacial score (nSPS) is 43.8. The largest absolute Gasteiger partial charge is 0.313 e. The van der Waals surface area contributed by atoms with Crippen molar-refractivity contribution in [1.29, 1.82) is 0 Å². The second-order valence-electron chi connectivity index (χ2n) is 4.51. The molecule has 1 saturated carbocycles. The lowest BCUT2D eigenvalue weighted by atomic mass is 9.80. The molecule has 1 saturated heterocycles. The van der Waals surface area contributed by atoms with Crippen LogP contribution in [0.2, 0.25) is 0 Å². The molecule has 0 aromatic carbocycles. The van der Waals surface area contributed by atoms with Crippen molar-refractivity contribution in [2.24, 2.45) is 11.3 Å². The van der Waals surface area contributed by atoms with E-state index in [2.05, 4.69) is 19.2 Å². The van der Waals surface area contributed by atoms with Gasteiger partial charge in [0.1, 0.15) is 0 Å². The van der Waals surface area contributed by atoms with E-state index in [1.165, 1.54) is 25.8 Å². The Hall–Kier alpha value is -0.0400. The highest BCUT2D eigenvalue weighted by atomic mass is 15.0. The van der Waals surface area contributed by atoms with E-state index in [0.717, 1.165) is 12.0 Å². The number of hydrogen-bond acceptors (Lipinski definition) is 1. The molecule has 0 spiro atoms. The fraction of sp³-hybridized carbons (Fsp3) is 1.00. The van der Waals surface area contributed by atoms with Gasteiger partial charge in [-0.05, 0) is 24.2 Å². The van der Waals surface area contributed by atoms with E-state index in [1.807, 2.05) is 0 Å². The second-order valence-corrected chi connectivity index (χ2v) is 4.51. The minimum absolute atomic E-state index is 0.584. The molecule has 2 rings (SSSR count). The number of rotatable bonds is 0. The summed E-state index contributed by atoms with van der Waals surface area (Å²) in [6, 6.07) is 0.870. The van der Waals surface area contributed by atoms with Crippen LogP contribution in [-0.4, -0.2) is 12.6 Å². The highest BCUT2D eigenvalue weighted by Crippen LogP contribution is 2.43. The van der Waals surface area contributed by atoms with Crippen LogP contribution in [0.25, 0.3) is 0 Å². The summed E-state index contributed by atoms with van der Waals surface area (Å²) in [7, 11) is 0. The van der Waals surface area contributed by atoms with Gasteiger partial charge in [-0.2, -0.15) is 0 Å². The molecule has 0 aromatic rings. The van der Waals surface area contributed by atoms with Crippen molar-refractivity contribution in [3.05, 3.63) is 0 Å². The van der Waals surface area contributed by atoms with Crippen LogP contribution in [0.15, 0.2) is 0 Å². The Morgan fingerprint density at radius 3 is 2.80 bits per heavy atom. The SMILES string of the molecule is CC1(C)CNC2CCCC21. The Morgan fingerprint density at radius 2 is 2.10 bits per heavy atom. The van der Waals surface area contributed by atoms with Crippen molar-refractivity contribution in [2.75, 3.05) is 6.54 Å². The van der Waals surface area contributed by atoms with Crippen molar-refractivity contribution in [3.63, 3.8) is 0 Å². The molecule has 1 nitrogen and oxygen atoms in total. The van der Waals surface area contributed by atoms with Gasteiger partial charge >= 0.3 is 0 Å². The monoisotopic (exact) mass is 139 g/mol. The van der Waals surface area contributed by atoms with Crippen molar-refractivity contribution >= 4 is 0 Å². The van der Waals surface area contributed by atoms with E-state index < -0.39 is 0 Å². The molecule has 58 valence electrons. The molecule has 2 aliphatic rings. The topological polar surface area (TPSA) is 12.0 Å². The molecule has 0 aromatic heterocycles. The summed E-state index contributed by atoms with van der Waals surface area (Å²) in [5.41, 5.74) is 0.584. The maximum atomic E-state index is 3.61. The van der Waals surface area contributed by atoms with E-state index in [0.29, 0.717) is 5.41 Å². The maximum Gasteiger partial charge on any atom is 0.0101 e. The zero-order chi connectivity index (χ0) is 7.19. The third kappa shape index (κ3) is 0.800. The minimum Gasteiger partial charge on any atom is -0.313 e. The van der Waals surface area contributed by atoms with Crippen LogP contribution in [-0.2, 0) is 0 Å². The molecule has 1 aliphatic heterocycles. The third-order valence-corrected chi connectivity index (χ3v) is 3.34. The van der Waals surface area contributed by atoms with Gasteiger partial charge in [0, 0.05) is 12.6 Å². The lowest BCUT2D eigenvalue weighted by Crippen LogP contribution is -2.22. The average Bonchev–Trinajstić information content (AvgIpc) is 2.36. The first-order valence-electron chi connectivity index (χ1n) is 4.43. The van der Waals surface area contributed by atoms with Crippen LogP contribution in [0, 0.1) is 11.3 Å². The smallest absolute Gasteiger partial charge is 0.0101 e. The van der Waals surface area contributed by atoms with Crippen LogP contribution in [0.5, 0.6) is 0 Å². The Kier molecular flexibility index (Phi) is 1.31. The highest BCUT2D eigenvalue weighted by Gasteiger charge is 2.43. The Balaban J connectivity index is 2.16. The van der Waals surface area contributed by atoms with Crippen molar-refractivity contribution in [2.45, 2.75) is 39.2 Å². The maximum absolute atomic E-state index is 3.61. The fourth-order valence-electron chi connectivity index (χ4n) is 2.66. The molecule has 2 fully saturated rings. The molecular weight excluding hydrogens is 122 g/mol. The zero-order valence-electron chi connectivity index (χ0n) is 6.98. The lowest BCUT2D eigenvalue weighted by Gasteiger charge is -2.24. The highest BCUT2D eigenvalue weighted by molar-refractivity contribution is 4.99. The van der Waals surface area contributed by atoms with Gasteiger partial charge in [0.05, 0.1) is 0 Å². The number of nitrogens with one attached hydrogen (secondary N) is 1. The first kappa shape index (κ1) is 6.66.